The second kappa shape index (κ2) is 7.92. The number of hydrogen-bond donors (Lipinski definition) is 0. The predicted molar refractivity (Wildman–Crippen MR) is 85.5 cm³/mol. The first kappa shape index (κ1) is 16.4. The van der Waals surface area contributed by atoms with Gasteiger partial charge in [-0.3, -0.25) is 4.79 Å². The minimum absolute atomic E-state index is 0.0239. The standard InChI is InChI=1S/C17H21N3O4/c1-22-11-15-18-17(19-24-15)13-6-5-9-20(10-13)16(21)12-23-14-7-3-2-4-8-14/h2-4,7-8,13H,5-6,9-12H2,1H3. The monoisotopic (exact) mass is 331 g/mol. The van der Waals surface area contributed by atoms with Crippen LogP contribution in [-0.4, -0.2) is 47.8 Å². The maximum absolute atomic E-state index is 12.4. The summed E-state index contributed by atoms with van der Waals surface area (Å²) < 4.78 is 15.7. The summed E-state index contributed by atoms with van der Waals surface area (Å²) in [5.74, 6) is 1.87. The Morgan fingerprint density at radius 3 is 3.00 bits per heavy atom. The summed E-state index contributed by atoms with van der Waals surface area (Å²) in [6.07, 6.45) is 1.85. The Balaban J connectivity index is 1.55. The highest BCUT2D eigenvalue weighted by Crippen LogP contribution is 2.25. The van der Waals surface area contributed by atoms with E-state index in [-0.39, 0.29) is 18.4 Å². The largest absolute Gasteiger partial charge is 0.484 e. The van der Waals surface area contributed by atoms with Gasteiger partial charge in [0.1, 0.15) is 12.4 Å². The molecular weight excluding hydrogens is 310 g/mol. The number of carbonyl (C=O) groups is 1. The van der Waals surface area contributed by atoms with Gasteiger partial charge in [-0.15, -0.1) is 0 Å². The SMILES string of the molecule is COCc1nc(C2CCCN(C(=O)COc3ccccc3)C2)no1. The number of likely N-dealkylation sites (tertiary alicyclic amines) is 1. The van der Waals surface area contributed by atoms with Gasteiger partial charge in [-0.25, -0.2) is 0 Å². The van der Waals surface area contributed by atoms with E-state index in [9.17, 15) is 4.79 Å². The summed E-state index contributed by atoms with van der Waals surface area (Å²) in [5, 5.41) is 4.01. The third-order valence-corrected chi connectivity index (χ3v) is 4.00. The molecule has 1 aliphatic rings. The van der Waals surface area contributed by atoms with E-state index in [1.165, 1.54) is 0 Å². The number of carbonyl (C=O) groups excluding carboxylic acids is 1. The van der Waals surface area contributed by atoms with Crippen molar-refractivity contribution in [2.45, 2.75) is 25.4 Å². The summed E-state index contributed by atoms with van der Waals surface area (Å²) in [5.41, 5.74) is 0. The minimum Gasteiger partial charge on any atom is -0.484 e. The van der Waals surface area contributed by atoms with Crippen LogP contribution in [0.25, 0.3) is 0 Å². The van der Waals surface area contributed by atoms with Crippen LogP contribution in [-0.2, 0) is 16.1 Å². The number of piperidine rings is 1. The van der Waals surface area contributed by atoms with Crippen LogP contribution in [0.15, 0.2) is 34.9 Å². The molecule has 2 aromatic rings. The van der Waals surface area contributed by atoms with Crippen LogP contribution in [0, 0.1) is 0 Å². The number of methoxy groups -OCH3 is 1. The first-order valence-corrected chi connectivity index (χ1v) is 8.03. The maximum atomic E-state index is 12.4. The molecule has 1 atom stereocenters. The van der Waals surface area contributed by atoms with Crippen molar-refractivity contribution in [3.8, 4) is 5.75 Å². The van der Waals surface area contributed by atoms with Gasteiger partial charge in [0.25, 0.3) is 11.8 Å². The van der Waals surface area contributed by atoms with Crippen molar-refractivity contribution in [1.29, 1.82) is 0 Å². The van der Waals surface area contributed by atoms with Gasteiger partial charge in [-0.1, -0.05) is 23.4 Å². The first-order chi connectivity index (χ1) is 11.8. The van der Waals surface area contributed by atoms with Crippen molar-refractivity contribution in [3.05, 3.63) is 42.0 Å². The minimum atomic E-state index is -0.0239. The third-order valence-electron chi connectivity index (χ3n) is 4.00. The molecule has 1 unspecified atom stereocenters. The molecule has 1 fully saturated rings. The summed E-state index contributed by atoms with van der Waals surface area (Å²) in [6, 6.07) is 9.34. The maximum Gasteiger partial charge on any atom is 0.260 e. The fourth-order valence-corrected chi connectivity index (χ4v) is 2.78. The smallest absolute Gasteiger partial charge is 0.260 e. The Labute approximate surface area is 140 Å². The number of benzene rings is 1. The summed E-state index contributed by atoms with van der Waals surface area (Å²) >= 11 is 0. The zero-order valence-corrected chi connectivity index (χ0v) is 13.7. The van der Waals surface area contributed by atoms with Gasteiger partial charge in [0, 0.05) is 26.1 Å². The first-order valence-electron chi connectivity index (χ1n) is 8.03. The predicted octanol–water partition coefficient (Wildman–Crippen LogP) is 2.00. The normalized spacial score (nSPS) is 17.7. The zero-order valence-electron chi connectivity index (χ0n) is 13.7. The van der Waals surface area contributed by atoms with Crippen molar-refractivity contribution in [3.63, 3.8) is 0 Å². The van der Waals surface area contributed by atoms with Crippen LogP contribution in [0.5, 0.6) is 5.75 Å². The van der Waals surface area contributed by atoms with E-state index in [2.05, 4.69) is 10.1 Å². The molecule has 0 aliphatic carbocycles. The van der Waals surface area contributed by atoms with E-state index >= 15 is 0 Å². The van der Waals surface area contributed by atoms with Crippen LogP contribution < -0.4 is 4.74 Å². The van der Waals surface area contributed by atoms with E-state index in [1.807, 2.05) is 35.2 Å². The number of amides is 1. The number of aromatic nitrogens is 2. The lowest BCUT2D eigenvalue weighted by Crippen LogP contribution is -2.41. The summed E-state index contributed by atoms with van der Waals surface area (Å²) in [6.45, 7) is 1.66. The number of rotatable bonds is 6. The molecule has 7 nitrogen and oxygen atoms in total. The van der Waals surface area contributed by atoms with Gasteiger partial charge in [-0.05, 0) is 25.0 Å². The summed E-state index contributed by atoms with van der Waals surface area (Å²) in [7, 11) is 1.58. The Kier molecular flexibility index (Phi) is 5.43. The molecule has 1 saturated heterocycles. The highest BCUT2D eigenvalue weighted by atomic mass is 16.5. The topological polar surface area (TPSA) is 77.7 Å². The van der Waals surface area contributed by atoms with Gasteiger partial charge in [0.15, 0.2) is 12.4 Å². The molecule has 1 amide bonds. The molecule has 2 heterocycles. The third kappa shape index (κ3) is 4.11. The Bertz CT molecular complexity index is 659. The van der Waals surface area contributed by atoms with Crippen LogP contribution in [0.1, 0.15) is 30.5 Å². The van der Waals surface area contributed by atoms with Crippen molar-refractivity contribution >= 4 is 5.91 Å². The van der Waals surface area contributed by atoms with E-state index in [0.717, 1.165) is 19.4 Å². The molecule has 1 aromatic carbocycles. The lowest BCUT2D eigenvalue weighted by molar-refractivity contribution is -0.134. The van der Waals surface area contributed by atoms with Crippen molar-refractivity contribution in [2.24, 2.45) is 0 Å². The number of nitrogens with zero attached hydrogens (tertiary/aromatic N) is 3. The van der Waals surface area contributed by atoms with E-state index in [0.29, 0.717) is 30.6 Å². The molecule has 128 valence electrons. The number of hydrogen-bond acceptors (Lipinski definition) is 6. The molecule has 0 bridgehead atoms. The Morgan fingerprint density at radius 2 is 2.21 bits per heavy atom. The molecule has 1 aliphatic heterocycles. The lowest BCUT2D eigenvalue weighted by Gasteiger charge is -2.31. The average Bonchev–Trinajstić information content (AvgIpc) is 3.10. The Morgan fingerprint density at radius 1 is 1.38 bits per heavy atom. The molecule has 24 heavy (non-hydrogen) atoms. The van der Waals surface area contributed by atoms with Gasteiger partial charge in [-0.2, -0.15) is 4.98 Å². The van der Waals surface area contributed by atoms with E-state index in [4.69, 9.17) is 14.0 Å². The molecule has 0 N–H and O–H groups in total. The summed E-state index contributed by atoms with van der Waals surface area (Å²) in [4.78, 5) is 18.5. The second-order valence-electron chi connectivity index (χ2n) is 5.76. The highest BCUT2D eigenvalue weighted by Gasteiger charge is 2.28. The molecule has 7 heteroatoms. The number of ether oxygens (including phenoxy) is 2. The van der Waals surface area contributed by atoms with Gasteiger partial charge in [0.05, 0.1) is 0 Å². The second-order valence-corrected chi connectivity index (χ2v) is 5.76. The fraction of sp³-hybridized carbons (Fsp3) is 0.471. The van der Waals surface area contributed by atoms with Gasteiger partial charge in [0.2, 0.25) is 0 Å². The van der Waals surface area contributed by atoms with Crippen LogP contribution in [0.4, 0.5) is 0 Å². The van der Waals surface area contributed by atoms with E-state index in [1.54, 1.807) is 7.11 Å². The fourth-order valence-electron chi connectivity index (χ4n) is 2.78. The Hall–Kier alpha value is -2.41. The van der Waals surface area contributed by atoms with Crippen molar-refractivity contribution in [1.82, 2.24) is 15.0 Å². The average molecular weight is 331 g/mol. The molecule has 0 saturated carbocycles. The zero-order chi connectivity index (χ0) is 16.8. The molecule has 3 rings (SSSR count). The van der Waals surface area contributed by atoms with Crippen LogP contribution in [0.3, 0.4) is 0 Å². The van der Waals surface area contributed by atoms with E-state index < -0.39 is 0 Å². The lowest BCUT2D eigenvalue weighted by atomic mass is 9.97. The van der Waals surface area contributed by atoms with Crippen molar-refractivity contribution < 1.29 is 18.8 Å². The molecule has 0 radical (unpaired) electrons. The van der Waals surface area contributed by atoms with Gasteiger partial charge < -0.3 is 18.9 Å². The quantitative estimate of drug-likeness (QED) is 0.806. The van der Waals surface area contributed by atoms with Gasteiger partial charge >= 0.3 is 0 Å². The highest BCUT2D eigenvalue weighted by molar-refractivity contribution is 5.78. The van der Waals surface area contributed by atoms with Crippen LogP contribution in [0.2, 0.25) is 0 Å². The van der Waals surface area contributed by atoms with Crippen LogP contribution >= 0.6 is 0 Å². The molecule has 1 aromatic heterocycles. The number of para-hydroxylation sites is 1. The van der Waals surface area contributed by atoms with Crippen molar-refractivity contribution in [2.75, 3.05) is 26.8 Å². The molecular formula is C17H21N3O4. The molecule has 0 spiro atoms.